The Morgan fingerprint density at radius 3 is 2.06 bits per heavy atom. The standard InChI is InChI=1S/C63H60N2O/c1-8-45(53-32-21-33-54(46-35-36-46)61(53)51-30-20-19-23-42(51)3)40-58-56(39-43(4)64-62(48-26-15-11-16-27-48)65-59(9-2)47-24-13-10-14-25-47)55-38-37-49(41-57(55)63(58,6)7)52-31-22-34-60(44(52)5)66-50-28-17-12-18-29-50/h8,10-34,37,39-41,46,55H,4,9,35-36,38H2,1-3,5-7H3/b45-8+,56-39?,58-40+,64-62?,65-59?. The minimum Gasteiger partial charge on any atom is -0.457 e. The molecular weight excluding hydrogens is 801 g/mol. The molecule has 0 saturated heterocycles. The highest BCUT2D eigenvalue weighted by atomic mass is 16.5. The first-order chi connectivity index (χ1) is 32.1. The number of hydrogen-bond donors (Lipinski definition) is 0. The van der Waals surface area contributed by atoms with Crippen molar-refractivity contribution < 1.29 is 4.74 Å². The molecule has 0 bridgehead atoms. The highest BCUT2D eigenvalue weighted by Gasteiger charge is 2.45. The number of amidine groups is 1. The van der Waals surface area contributed by atoms with Gasteiger partial charge in [-0.2, -0.15) is 0 Å². The molecule has 0 aliphatic heterocycles. The van der Waals surface area contributed by atoms with Gasteiger partial charge in [-0.05, 0) is 143 Å². The van der Waals surface area contributed by atoms with Crippen LogP contribution in [0.2, 0.25) is 0 Å². The molecule has 0 heterocycles. The van der Waals surface area contributed by atoms with Crippen LogP contribution in [0.5, 0.6) is 11.5 Å². The van der Waals surface area contributed by atoms with Gasteiger partial charge in [0.25, 0.3) is 0 Å². The van der Waals surface area contributed by atoms with E-state index in [0.717, 1.165) is 46.7 Å². The van der Waals surface area contributed by atoms with Gasteiger partial charge in [-0.15, -0.1) is 0 Å². The molecule has 3 heteroatoms. The largest absolute Gasteiger partial charge is 0.457 e. The lowest BCUT2D eigenvalue weighted by molar-refractivity contribution is 0.478. The van der Waals surface area contributed by atoms with Gasteiger partial charge in [-0.1, -0.05) is 191 Å². The molecule has 3 aliphatic carbocycles. The number of nitrogens with zero attached hydrogens (tertiary/aromatic N) is 2. The van der Waals surface area contributed by atoms with E-state index in [4.69, 9.17) is 14.7 Å². The Labute approximate surface area is 392 Å². The average Bonchev–Trinajstić information content (AvgIpc) is 4.17. The van der Waals surface area contributed by atoms with Gasteiger partial charge in [0.1, 0.15) is 11.5 Å². The number of benzene rings is 6. The van der Waals surface area contributed by atoms with Gasteiger partial charge >= 0.3 is 0 Å². The summed E-state index contributed by atoms with van der Waals surface area (Å²) in [6.07, 6.45) is 16.0. The molecule has 9 rings (SSSR count). The molecule has 0 aromatic heterocycles. The number of allylic oxidation sites excluding steroid dienone is 10. The van der Waals surface area contributed by atoms with Crippen molar-refractivity contribution >= 4 is 22.7 Å². The summed E-state index contributed by atoms with van der Waals surface area (Å²) >= 11 is 0. The first-order valence-corrected chi connectivity index (χ1v) is 23.7. The van der Waals surface area contributed by atoms with Gasteiger partial charge in [-0.3, -0.25) is 0 Å². The number of aliphatic imine (C=N–C) groups is 2. The Balaban J connectivity index is 1.19. The lowest BCUT2D eigenvalue weighted by Gasteiger charge is -2.27. The van der Waals surface area contributed by atoms with Crippen LogP contribution in [0.1, 0.15) is 98.2 Å². The van der Waals surface area contributed by atoms with Gasteiger partial charge < -0.3 is 4.74 Å². The maximum atomic E-state index is 6.44. The maximum absolute atomic E-state index is 6.44. The van der Waals surface area contributed by atoms with Crippen molar-refractivity contribution in [1.29, 1.82) is 0 Å². The lowest BCUT2D eigenvalue weighted by Crippen LogP contribution is -2.15. The fourth-order valence-electron chi connectivity index (χ4n) is 9.96. The normalized spacial score (nSPS) is 18.5. The molecular formula is C63H60N2O. The molecule has 1 atom stereocenters. The smallest absolute Gasteiger partial charge is 0.159 e. The number of para-hydroxylation sites is 1. The van der Waals surface area contributed by atoms with E-state index in [1.807, 2.05) is 54.6 Å². The van der Waals surface area contributed by atoms with Crippen LogP contribution in [-0.4, -0.2) is 11.5 Å². The molecule has 0 amide bonds. The van der Waals surface area contributed by atoms with E-state index in [1.165, 1.54) is 74.1 Å². The van der Waals surface area contributed by atoms with Crippen LogP contribution in [0.25, 0.3) is 22.3 Å². The predicted molar refractivity (Wildman–Crippen MR) is 279 cm³/mol. The Bertz CT molecular complexity index is 3000. The van der Waals surface area contributed by atoms with Crippen molar-refractivity contribution in [3.8, 4) is 22.6 Å². The first-order valence-electron chi connectivity index (χ1n) is 23.7. The molecule has 3 aliphatic rings. The minimum atomic E-state index is -0.319. The minimum absolute atomic E-state index is 0.136. The lowest BCUT2D eigenvalue weighted by atomic mass is 9.77. The van der Waals surface area contributed by atoms with Gasteiger partial charge in [0, 0.05) is 22.6 Å². The van der Waals surface area contributed by atoms with Crippen LogP contribution >= 0.6 is 0 Å². The molecule has 328 valence electrons. The number of aryl methyl sites for hydroxylation is 1. The zero-order chi connectivity index (χ0) is 45.8. The van der Waals surface area contributed by atoms with E-state index in [0.29, 0.717) is 17.5 Å². The Morgan fingerprint density at radius 2 is 1.38 bits per heavy atom. The van der Waals surface area contributed by atoms with E-state index in [2.05, 4.69) is 176 Å². The van der Waals surface area contributed by atoms with E-state index < -0.39 is 0 Å². The summed E-state index contributed by atoms with van der Waals surface area (Å²) in [5, 5.41) is 0. The fourth-order valence-corrected chi connectivity index (χ4v) is 9.96. The molecule has 2 saturated carbocycles. The third-order valence-electron chi connectivity index (χ3n) is 13.6. The molecule has 0 radical (unpaired) electrons. The third kappa shape index (κ3) is 9.08. The number of rotatable bonds is 12. The van der Waals surface area contributed by atoms with E-state index in [1.54, 1.807) is 0 Å². The summed E-state index contributed by atoms with van der Waals surface area (Å²) in [5.74, 6) is 3.09. The summed E-state index contributed by atoms with van der Waals surface area (Å²) in [6, 6.07) is 53.0. The maximum Gasteiger partial charge on any atom is 0.159 e. The summed E-state index contributed by atoms with van der Waals surface area (Å²) < 4.78 is 6.44. The third-order valence-corrected chi connectivity index (χ3v) is 13.6. The Hall–Kier alpha value is -7.10. The summed E-state index contributed by atoms with van der Waals surface area (Å²) in [5.41, 5.74) is 18.8. The first kappa shape index (κ1) is 44.1. The van der Waals surface area contributed by atoms with E-state index in [-0.39, 0.29) is 11.3 Å². The van der Waals surface area contributed by atoms with Crippen LogP contribution in [0, 0.1) is 25.2 Å². The number of hydrogen-bond acceptors (Lipinski definition) is 2. The molecule has 3 nitrogen and oxygen atoms in total. The summed E-state index contributed by atoms with van der Waals surface area (Å²) in [6.45, 7) is 18.2. The Kier molecular flexibility index (Phi) is 12.8. The molecule has 0 spiro atoms. The van der Waals surface area contributed by atoms with Crippen LogP contribution in [0.15, 0.2) is 221 Å². The Morgan fingerprint density at radius 1 is 0.727 bits per heavy atom. The predicted octanol–water partition coefficient (Wildman–Crippen LogP) is 16.8. The van der Waals surface area contributed by atoms with Crippen molar-refractivity contribution in [3.05, 3.63) is 250 Å². The second-order valence-corrected chi connectivity index (χ2v) is 18.3. The van der Waals surface area contributed by atoms with Crippen LogP contribution in [-0.2, 0) is 0 Å². The van der Waals surface area contributed by atoms with E-state index >= 15 is 0 Å². The average molecular weight is 861 g/mol. The van der Waals surface area contributed by atoms with Crippen molar-refractivity contribution in [2.45, 2.75) is 73.1 Å². The molecule has 6 aromatic rings. The van der Waals surface area contributed by atoms with Crippen LogP contribution < -0.4 is 4.74 Å². The van der Waals surface area contributed by atoms with Gasteiger partial charge in [0.05, 0.1) is 5.70 Å². The van der Waals surface area contributed by atoms with Crippen molar-refractivity contribution in [1.82, 2.24) is 0 Å². The fraction of sp³-hybridized carbons (Fsp3) is 0.206. The topological polar surface area (TPSA) is 34.0 Å². The molecule has 2 fully saturated rings. The number of fused-ring (bicyclic) bond motifs is 1. The molecule has 6 aromatic carbocycles. The number of ether oxygens (including phenoxy) is 1. The van der Waals surface area contributed by atoms with Crippen molar-refractivity contribution in [2.24, 2.45) is 21.3 Å². The zero-order valence-corrected chi connectivity index (χ0v) is 39.3. The molecule has 0 N–H and O–H groups in total. The van der Waals surface area contributed by atoms with Crippen molar-refractivity contribution in [2.75, 3.05) is 0 Å². The second kappa shape index (κ2) is 19.2. The summed E-state index contributed by atoms with van der Waals surface area (Å²) in [4.78, 5) is 10.5. The quantitative estimate of drug-likeness (QED) is 0.0891. The SMILES string of the molecule is C=C(C=C1/C(=C\C(=C/C)c2cccc(C3CC3)c2-c2ccccc2C)C(C)(C)C2=CC(c3cccc(Oc4ccccc4)c3C)=CCC12)N=C(N=C(CC)c1ccccc1)c1ccccc1. The van der Waals surface area contributed by atoms with Crippen LogP contribution in [0.3, 0.4) is 0 Å². The summed E-state index contributed by atoms with van der Waals surface area (Å²) in [7, 11) is 0. The van der Waals surface area contributed by atoms with Gasteiger partial charge in [0.15, 0.2) is 5.84 Å². The molecule has 66 heavy (non-hydrogen) atoms. The van der Waals surface area contributed by atoms with Crippen molar-refractivity contribution in [3.63, 3.8) is 0 Å². The molecule has 1 unspecified atom stereocenters. The zero-order valence-electron chi connectivity index (χ0n) is 39.3. The monoisotopic (exact) mass is 860 g/mol. The highest BCUT2D eigenvalue weighted by molar-refractivity contribution is 6.12. The second-order valence-electron chi connectivity index (χ2n) is 18.3. The van der Waals surface area contributed by atoms with Gasteiger partial charge in [0.2, 0.25) is 0 Å². The van der Waals surface area contributed by atoms with Gasteiger partial charge in [-0.25, -0.2) is 9.98 Å². The van der Waals surface area contributed by atoms with E-state index in [9.17, 15) is 0 Å². The van der Waals surface area contributed by atoms with Crippen LogP contribution in [0.4, 0.5) is 0 Å². The highest BCUT2D eigenvalue weighted by Crippen LogP contribution is 2.58.